The van der Waals surface area contributed by atoms with E-state index in [1.165, 1.54) is 6.39 Å². The van der Waals surface area contributed by atoms with Crippen LogP contribution < -0.4 is 5.73 Å². The number of benzene rings is 1. The summed E-state index contributed by atoms with van der Waals surface area (Å²) in [7, 11) is 0. The van der Waals surface area contributed by atoms with Crippen LogP contribution in [0.25, 0.3) is 11.3 Å². The number of nitrogens with two attached hydrogens (primary N) is 1. The molecule has 1 heterocycles. The number of nitrogen functional groups attached to an aromatic ring is 1. The van der Waals surface area contributed by atoms with Gasteiger partial charge < -0.3 is 15.3 Å². The van der Waals surface area contributed by atoms with Crippen molar-refractivity contribution in [3.05, 3.63) is 36.4 Å². The minimum Gasteiger partial charge on any atom is -0.444 e. The molecule has 0 aliphatic carbocycles. The zero-order valence-corrected chi connectivity index (χ0v) is 7.47. The van der Waals surface area contributed by atoms with E-state index in [4.69, 9.17) is 15.3 Å². The molecule has 4 heteroatoms. The molecule has 0 atom stereocenters. The SMILES string of the molecule is Nc1ccc(-c2cnco2)c(CO)c1. The second-order valence-corrected chi connectivity index (χ2v) is 2.94. The third kappa shape index (κ3) is 1.47. The van der Waals surface area contributed by atoms with Gasteiger partial charge in [0.05, 0.1) is 12.8 Å². The minimum absolute atomic E-state index is 0.0684. The molecule has 2 aromatic rings. The van der Waals surface area contributed by atoms with Crippen LogP contribution in [0.5, 0.6) is 0 Å². The van der Waals surface area contributed by atoms with E-state index in [1.54, 1.807) is 24.4 Å². The van der Waals surface area contributed by atoms with Gasteiger partial charge in [-0.15, -0.1) is 0 Å². The second-order valence-electron chi connectivity index (χ2n) is 2.94. The van der Waals surface area contributed by atoms with Crippen LogP contribution in [0.15, 0.2) is 35.2 Å². The van der Waals surface area contributed by atoms with Crippen molar-refractivity contribution in [1.29, 1.82) is 0 Å². The van der Waals surface area contributed by atoms with Crippen molar-refractivity contribution >= 4 is 5.69 Å². The van der Waals surface area contributed by atoms with Gasteiger partial charge in [-0.3, -0.25) is 0 Å². The van der Waals surface area contributed by atoms with E-state index in [0.717, 1.165) is 11.1 Å². The van der Waals surface area contributed by atoms with Gasteiger partial charge in [0.2, 0.25) is 0 Å². The zero-order valence-electron chi connectivity index (χ0n) is 7.47. The molecule has 0 aliphatic heterocycles. The highest BCUT2D eigenvalue weighted by Crippen LogP contribution is 2.25. The Labute approximate surface area is 81.0 Å². The van der Waals surface area contributed by atoms with Crippen LogP contribution in [0.2, 0.25) is 0 Å². The van der Waals surface area contributed by atoms with Crippen molar-refractivity contribution in [2.24, 2.45) is 0 Å². The predicted octanol–water partition coefficient (Wildman–Crippen LogP) is 1.42. The van der Waals surface area contributed by atoms with Crippen LogP contribution in [0.4, 0.5) is 5.69 Å². The van der Waals surface area contributed by atoms with E-state index in [2.05, 4.69) is 4.98 Å². The summed E-state index contributed by atoms with van der Waals surface area (Å²) < 4.78 is 5.14. The Bertz CT molecular complexity index is 424. The molecule has 0 amide bonds. The maximum Gasteiger partial charge on any atom is 0.181 e. The number of hydrogen-bond donors (Lipinski definition) is 2. The first kappa shape index (κ1) is 8.77. The molecule has 0 bridgehead atoms. The lowest BCUT2D eigenvalue weighted by Crippen LogP contribution is -1.92. The summed E-state index contributed by atoms with van der Waals surface area (Å²) in [5.41, 5.74) is 7.78. The smallest absolute Gasteiger partial charge is 0.181 e. The Morgan fingerprint density at radius 2 is 2.29 bits per heavy atom. The predicted molar refractivity (Wildman–Crippen MR) is 52.3 cm³/mol. The highest BCUT2D eigenvalue weighted by atomic mass is 16.3. The Hall–Kier alpha value is -1.81. The highest BCUT2D eigenvalue weighted by Gasteiger charge is 2.07. The van der Waals surface area contributed by atoms with Crippen molar-refractivity contribution in [2.45, 2.75) is 6.61 Å². The molecule has 14 heavy (non-hydrogen) atoms. The first-order chi connectivity index (χ1) is 6.81. The molecule has 0 aliphatic rings. The Morgan fingerprint density at radius 3 is 2.93 bits per heavy atom. The van der Waals surface area contributed by atoms with Crippen LogP contribution in [-0.2, 0) is 6.61 Å². The van der Waals surface area contributed by atoms with E-state index in [-0.39, 0.29) is 6.61 Å². The molecule has 0 saturated carbocycles. The number of rotatable bonds is 2. The average Bonchev–Trinajstić information content (AvgIpc) is 2.70. The summed E-state index contributed by atoms with van der Waals surface area (Å²) in [6.45, 7) is -0.0684. The van der Waals surface area contributed by atoms with Crippen LogP contribution in [-0.4, -0.2) is 10.1 Å². The van der Waals surface area contributed by atoms with Crippen molar-refractivity contribution < 1.29 is 9.52 Å². The molecular weight excluding hydrogens is 180 g/mol. The molecule has 0 fully saturated rings. The van der Waals surface area contributed by atoms with Crippen LogP contribution in [0.3, 0.4) is 0 Å². The molecule has 4 nitrogen and oxygen atoms in total. The highest BCUT2D eigenvalue weighted by molar-refractivity contribution is 5.64. The van der Waals surface area contributed by atoms with Crippen LogP contribution in [0, 0.1) is 0 Å². The Kier molecular flexibility index (Phi) is 2.20. The van der Waals surface area contributed by atoms with Gasteiger partial charge >= 0.3 is 0 Å². The fraction of sp³-hybridized carbons (Fsp3) is 0.100. The third-order valence-corrected chi connectivity index (χ3v) is 2.00. The van der Waals surface area contributed by atoms with Gasteiger partial charge in [-0.2, -0.15) is 0 Å². The molecule has 3 N–H and O–H groups in total. The standard InChI is InChI=1S/C10H10N2O2/c11-8-1-2-9(7(3-8)5-13)10-4-12-6-14-10/h1-4,6,13H,5,11H2. The largest absolute Gasteiger partial charge is 0.444 e. The Balaban J connectivity index is 2.53. The fourth-order valence-electron chi connectivity index (χ4n) is 1.33. The lowest BCUT2D eigenvalue weighted by molar-refractivity contribution is 0.282. The van der Waals surface area contributed by atoms with Gasteiger partial charge in [0.25, 0.3) is 0 Å². The molecule has 1 aromatic heterocycles. The van der Waals surface area contributed by atoms with Crippen molar-refractivity contribution in [3.8, 4) is 11.3 Å². The van der Waals surface area contributed by atoms with Gasteiger partial charge in [-0.05, 0) is 23.8 Å². The van der Waals surface area contributed by atoms with Gasteiger partial charge in [0, 0.05) is 11.3 Å². The number of aliphatic hydroxyl groups excluding tert-OH is 1. The summed E-state index contributed by atoms with van der Waals surface area (Å²) in [4.78, 5) is 3.82. The topological polar surface area (TPSA) is 72.3 Å². The third-order valence-electron chi connectivity index (χ3n) is 2.00. The van der Waals surface area contributed by atoms with Crippen molar-refractivity contribution in [1.82, 2.24) is 4.98 Å². The first-order valence-electron chi connectivity index (χ1n) is 4.19. The van der Waals surface area contributed by atoms with Crippen LogP contribution in [0.1, 0.15) is 5.56 Å². The zero-order chi connectivity index (χ0) is 9.97. The number of aromatic nitrogens is 1. The van der Waals surface area contributed by atoms with Gasteiger partial charge in [0.15, 0.2) is 12.2 Å². The lowest BCUT2D eigenvalue weighted by Gasteiger charge is -2.04. The summed E-state index contributed by atoms with van der Waals surface area (Å²) in [5.74, 6) is 0.633. The molecule has 2 rings (SSSR count). The summed E-state index contributed by atoms with van der Waals surface area (Å²) in [5, 5.41) is 9.12. The molecule has 0 radical (unpaired) electrons. The summed E-state index contributed by atoms with van der Waals surface area (Å²) >= 11 is 0. The number of aliphatic hydroxyl groups is 1. The maximum atomic E-state index is 9.12. The van der Waals surface area contributed by atoms with Crippen molar-refractivity contribution in [2.75, 3.05) is 5.73 Å². The van der Waals surface area contributed by atoms with E-state index >= 15 is 0 Å². The normalized spacial score (nSPS) is 10.4. The van der Waals surface area contributed by atoms with E-state index in [9.17, 15) is 0 Å². The number of oxazole rings is 1. The summed E-state index contributed by atoms with van der Waals surface area (Å²) in [6.07, 6.45) is 2.96. The molecule has 0 spiro atoms. The minimum atomic E-state index is -0.0684. The van der Waals surface area contributed by atoms with Gasteiger partial charge in [0.1, 0.15) is 0 Å². The fourth-order valence-corrected chi connectivity index (χ4v) is 1.33. The second kappa shape index (κ2) is 3.51. The van der Waals surface area contributed by atoms with Crippen LogP contribution >= 0.6 is 0 Å². The first-order valence-corrected chi connectivity index (χ1v) is 4.19. The number of hydrogen-bond acceptors (Lipinski definition) is 4. The monoisotopic (exact) mass is 190 g/mol. The molecule has 0 unspecified atom stereocenters. The van der Waals surface area contributed by atoms with Crippen molar-refractivity contribution in [3.63, 3.8) is 0 Å². The van der Waals surface area contributed by atoms with Gasteiger partial charge in [-0.1, -0.05) is 0 Å². The molecule has 0 saturated heterocycles. The quantitative estimate of drug-likeness (QED) is 0.702. The average molecular weight is 190 g/mol. The molecular formula is C10H10N2O2. The maximum absolute atomic E-state index is 9.12. The van der Waals surface area contributed by atoms with E-state index < -0.39 is 0 Å². The number of anilines is 1. The Morgan fingerprint density at radius 1 is 1.43 bits per heavy atom. The van der Waals surface area contributed by atoms with Gasteiger partial charge in [-0.25, -0.2) is 4.98 Å². The van der Waals surface area contributed by atoms with E-state index in [0.29, 0.717) is 11.4 Å². The summed E-state index contributed by atoms with van der Waals surface area (Å²) in [6, 6.07) is 5.29. The molecule has 72 valence electrons. The lowest BCUT2D eigenvalue weighted by atomic mass is 10.1. The number of nitrogens with zero attached hydrogens (tertiary/aromatic N) is 1. The van der Waals surface area contributed by atoms with E-state index in [1.807, 2.05) is 0 Å². The molecule has 1 aromatic carbocycles.